The third kappa shape index (κ3) is 5.91. The lowest BCUT2D eigenvalue weighted by molar-refractivity contribution is 0.100. The molecule has 0 aliphatic heterocycles. The quantitative estimate of drug-likeness (QED) is 0.413. The molecular formula is C20H15Cl2FN4O2. The minimum atomic E-state index is -0.526. The number of nitrogens with one attached hydrogen (secondary N) is 2. The van der Waals surface area contributed by atoms with Crippen molar-refractivity contribution in [1.29, 1.82) is 0 Å². The number of halogens is 3. The van der Waals surface area contributed by atoms with Crippen molar-refractivity contribution in [3.63, 3.8) is 0 Å². The molecule has 0 aliphatic rings. The van der Waals surface area contributed by atoms with E-state index >= 15 is 0 Å². The predicted molar refractivity (Wildman–Crippen MR) is 111 cm³/mol. The molecule has 0 bridgehead atoms. The zero-order valence-electron chi connectivity index (χ0n) is 14.9. The van der Waals surface area contributed by atoms with Crippen LogP contribution in [0.2, 0.25) is 10.0 Å². The van der Waals surface area contributed by atoms with Crippen LogP contribution < -0.4 is 10.6 Å². The zero-order chi connectivity index (χ0) is 20.8. The zero-order valence-corrected chi connectivity index (χ0v) is 16.4. The number of anilines is 1. The van der Waals surface area contributed by atoms with Crippen molar-refractivity contribution in [1.82, 2.24) is 10.3 Å². The highest BCUT2D eigenvalue weighted by molar-refractivity contribution is 6.31. The molecular weight excluding hydrogens is 418 g/mol. The standard InChI is InChI=1S/C20H15Cl2FN4O2/c21-14-7-4-12(5-8-14)19(29)27-20(26-17-2-1-3-18(28)25-17)24-11-13-6-9-15(23)10-16(13)22/h1-10H,11H2,(H3,24,25,26,27,28,29). The molecule has 1 aromatic heterocycles. The van der Waals surface area contributed by atoms with Gasteiger partial charge in [0.2, 0.25) is 11.8 Å². The Labute approximate surface area is 176 Å². The Balaban J connectivity index is 1.83. The summed E-state index contributed by atoms with van der Waals surface area (Å²) in [6.07, 6.45) is 0. The van der Waals surface area contributed by atoms with Gasteiger partial charge in [-0.15, -0.1) is 0 Å². The van der Waals surface area contributed by atoms with E-state index in [0.29, 0.717) is 16.1 Å². The number of hydrogen-bond acceptors (Lipinski definition) is 3. The van der Waals surface area contributed by atoms with Crippen LogP contribution in [0.3, 0.4) is 0 Å². The Kier molecular flexibility index (Phi) is 6.64. The molecule has 1 heterocycles. The predicted octanol–water partition coefficient (Wildman–Crippen LogP) is 4.63. The molecule has 6 nitrogen and oxygen atoms in total. The van der Waals surface area contributed by atoms with E-state index in [1.54, 1.807) is 36.4 Å². The van der Waals surface area contributed by atoms with Gasteiger partial charge in [0.15, 0.2) is 0 Å². The molecule has 3 rings (SSSR count). The molecule has 9 heteroatoms. The van der Waals surface area contributed by atoms with E-state index in [1.807, 2.05) is 0 Å². The van der Waals surface area contributed by atoms with Crippen LogP contribution in [-0.2, 0) is 6.54 Å². The fraction of sp³-hybridized carbons (Fsp3) is 0.0500. The van der Waals surface area contributed by atoms with Crippen molar-refractivity contribution < 1.29 is 14.3 Å². The summed E-state index contributed by atoms with van der Waals surface area (Å²) in [6, 6.07) is 14.8. The number of amides is 1. The first-order valence-electron chi connectivity index (χ1n) is 8.40. The molecule has 2 aromatic carbocycles. The van der Waals surface area contributed by atoms with Gasteiger partial charge in [0, 0.05) is 28.2 Å². The average Bonchev–Trinajstić information content (AvgIpc) is 2.67. The van der Waals surface area contributed by atoms with E-state index in [2.05, 4.69) is 20.6 Å². The van der Waals surface area contributed by atoms with Crippen molar-refractivity contribution in [2.24, 2.45) is 4.99 Å². The first-order chi connectivity index (χ1) is 13.9. The summed E-state index contributed by atoms with van der Waals surface area (Å²) in [5, 5.41) is 16.0. The minimum absolute atomic E-state index is 0.0726. The van der Waals surface area contributed by atoms with Gasteiger partial charge in [0.1, 0.15) is 11.6 Å². The van der Waals surface area contributed by atoms with E-state index in [0.717, 1.165) is 0 Å². The monoisotopic (exact) mass is 432 g/mol. The third-order valence-electron chi connectivity index (χ3n) is 3.75. The van der Waals surface area contributed by atoms with Crippen LogP contribution in [0.25, 0.3) is 0 Å². The van der Waals surface area contributed by atoms with Crippen LogP contribution >= 0.6 is 23.2 Å². The number of guanidine groups is 1. The van der Waals surface area contributed by atoms with Crippen LogP contribution in [0.5, 0.6) is 5.88 Å². The molecule has 0 aliphatic carbocycles. The number of hydrogen-bond donors (Lipinski definition) is 3. The van der Waals surface area contributed by atoms with Gasteiger partial charge in [-0.25, -0.2) is 4.39 Å². The minimum Gasteiger partial charge on any atom is -0.493 e. The number of aromatic hydroxyl groups is 1. The van der Waals surface area contributed by atoms with Gasteiger partial charge in [-0.3, -0.25) is 4.79 Å². The molecule has 0 fully saturated rings. The summed E-state index contributed by atoms with van der Waals surface area (Å²) < 4.78 is 13.2. The number of aromatic nitrogens is 1. The topological polar surface area (TPSA) is 86.6 Å². The van der Waals surface area contributed by atoms with Gasteiger partial charge in [-0.2, -0.15) is 9.98 Å². The summed E-state index contributed by atoms with van der Waals surface area (Å²) in [5.41, 5.74) is 0.935. The first-order valence-corrected chi connectivity index (χ1v) is 9.16. The number of benzene rings is 2. The third-order valence-corrected chi connectivity index (χ3v) is 4.35. The van der Waals surface area contributed by atoms with Crippen molar-refractivity contribution in [2.75, 3.05) is 5.32 Å². The Morgan fingerprint density at radius 2 is 1.86 bits per heavy atom. The SMILES string of the molecule is O=C(/N=C(/NCc1ccc(F)cc1Cl)Nc1cccc(O)n1)c1ccc(Cl)cc1. The fourth-order valence-electron chi connectivity index (χ4n) is 2.33. The van der Waals surface area contributed by atoms with Crippen molar-refractivity contribution in [2.45, 2.75) is 6.54 Å². The molecule has 148 valence electrons. The lowest BCUT2D eigenvalue weighted by atomic mass is 10.2. The van der Waals surface area contributed by atoms with Crippen LogP contribution in [-0.4, -0.2) is 22.0 Å². The van der Waals surface area contributed by atoms with Gasteiger partial charge in [-0.1, -0.05) is 35.3 Å². The Hall–Kier alpha value is -3.16. The fourth-order valence-corrected chi connectivity index (χ4v) is 2.69. The normalized spacial score (nSPS) is 11.2. The molecule has 0 spiro atoms. The largest absolute Gasteiger partial charge is 0.493 e. The van der Waals surface area contributed by atoms with Gasteiger partial charge >= 0.3 is 0 Å². The number of aliphatic imine (C=N–C) groups is 1. The second-order valence-corrected chi connectivity index (χ2v) is 6.71. The van der Waals surface area contributed by atoms with E-state index in [1.165, 1.54) is 24.3 Å². The summed E-state index contributed by atoms with van der Waals surface area (Å²) >= 11 is 11.9. The van der Waals surface area contributed by atoms with Crippen molar-refractivity contribution in [3.05, 3.63) is 87.7 Å². The summed E-state index contributed by atoms with van der Waals surface area (Å²) in [7, 11) is 0. The van der Waals surface area contributed by atoms with Gasteiger partial charge in [0.05, 0.1) is 0 Å². The van der Waals surface area contributed by atoms with E-state index < -0.39 is 11.7 Å². The van der Waals surface area contributed by atoms with E-state index in [9.17, 15) is 14.3 Å². The van der Waals surface area contributed by atoms with Crippen molar-refractivity contribution in [3.8, 4) is 5.88 Å². The Morgan fingerprint density at radius 3 is 2.55 bits per heavy atom. The van der Waals surface area contributed by atoms with Crippen LogP contribution in [0.4, 0.5) is 10.2 Å². The highest BCUT2D eigenvalue weighted by Gasteiger charge is 2.10. The maximum absolute atomic E-state index is 13.2. The smallest absolute Gasteiger partial charge is 0.280 e. The van der Waals surface area contributed by atoms with Gasteiger partial charge < -0.3 is 15.7 Å². The highest BCUT2D eigenvalue weighted by atomic mass is 35.5. The Bertz CT molecular complexity index is 1060. The van der Waals surface area contributed by atoms with E-state index in [4.69, 9.17) is 23.2 Å². The number of carbonyl (C=O) groups is 1. The summed E-state index contributed by atoms with van der Waals surface area (Å²) in [4.78, 5) is 20.4. The molecule has 0 unspecified atom stereocenters. The summed E-state index contributed by atoms with van der Waals surface area (Å²) in [6.45, 7) is 0.164. The van der Waals surface area contributed by atoms with Crippen molar-refractivity contribution >= 4 is 40.9 Å². The molecule has 3 N–H and O–H groups in total. The molecule has 29 heavy (non-hydrogen) atoms. The number of carbonyl (C=O) groups excluding carboxylic acids is 1. The lowest BCUT2D eigenvalue weighted by Crippen LogP contribution is -2.31. The molecule has 0 atom stereocenters. The average molecular weight is 433 g/mol. The number of rotatable bonds is 4. The molecule has 3 aromatic rings. The maximum Gasteiger partial charge on any atom is 0.280 e. The second-order valence-electron chi connectivity index (χ2n) is 5.87. The maximum atomic E-state index is 13.2. The first kappa shape index (κ1) is 20.6. The molecule has 1 amide bonds. The number of pyridine rings is 1. The van der Waals surface area contributed by atoms with Crippen LogP contribution in [0.1, 0.15) is 15.9 Å². The molecule has 0 saturated carbocycles. The number of nitrogens with zero attached hydrogens (tertiary/aromatic N) is 2. The highest BCUT2D eigenvalue weighted by Crippen LogP contribution is 2.17. The van der Waals surface area contributed by atoms with Crippen LogP contribution in [0.15, 0.2) is 65.7 Å². The Morgan fingerprint density at radius 1 is 1.10 bits per heavy atom. The lowest BCUT2D eigenvalue weighted by Gasteiger charge is -2.13. The van der Waals surface area contributed by atoms with Crippen LogP contribution in [0, 0.1) is 5.82 Å². The molecule has 0 radical (unpaired) electrons. The summed E-state index contributed by atoms with van der Waals surface area (Å²) in [5.74, 6) is -0.830. The molecule has 0 saturated heterocycles. The van der Waals surface area contributed by atoms with Gasteiger partial charge in [-0.05, 0) is 48.0 Å². The van der Waals surface area contributed by atoms with E-state index in [-0.39, 0.29) is 29.2 Å². The van der Waals surface area contributed by atoms with Gasteiger partial charge in [0.25, 0.3) is 5.91 Å². The second kappa shape index (κ2) is 9.36.